The molecule has 0 aliphatic heterocycles. The number of esters is 1. The predicted molar refractivity (Wildman–Crippen MR) is 108 cm³/mol. The number of ether oxygens (including phenoxy) is 1. The third-order valence-corrected chi connectivity index (χ3v) is 4.50. The van der Waals surface area contributed by atoms with E-state index < -0.39 is 5.97 Å². The first-order chi connectivity index (χ1) is 13.3. The lowest BCUT2D eigenvalue weighted by atomic mass is 10.0. The minimum Gasteiger partial charge on any atom is -0.452 e. The Kier molecular flexibility index (Phi) is 5.68. The topological polar surface area (TPSA) is 81.2 Å². The molecule has 144 valence electrons. The number of aromatic nitrogens is 2. The molecule has 1 heterocycles. The first kappa shape index (κ1) is 19.5. The Labute approximate surface area is 164 Å². The average molecular weight is 377 g/mol. The molecule has 0 saturated carbocycles. The number of amides is 1. The number of carbonyl (C=O) groups is 2. The van der Waals surface area contributed by atoms with Crippen LogP contribution in [0.2, 0.25) is 0 Å². The van der Waals surface area contributed by atoms with Gasteiger partial charge in [-0.3, -0.25) is 4.79 Å². The summed E-state index contributed by atoms with van der Waals surface area (Å²) in [5.74, 6) is -0.687. The molecule has 0 saturated heterocycles. The van der Waals surface area contributed by atoms with Crippen molar-refractivity contribution >= 4 is 28.6 Å². The minimum atomic E-state index is -0.575. The number of carbonyl (C=O) groups excluding carboxylic acids is 2. The Bertz CT molecular complexity index is 1040. The van der Waals surface area contributed by atoms with Crippen molar-refractivity contribution in [2.45, 2.75) is 33.6 Å². The van der Waals surface area contributed by atoms with Gasteiger partial charge in [-0.05, 0) is 49.6 Å². The van der Waals surface area contributed by atoms with E-state index in [-0.39, 0.29) is 18.4 Å². The number of rotatable bonds is 5. The lowest BCUT2D eigenvalue weighted by molar-refractivity contribution is -0.119. The number of fused-ring (bicyclic) bond motifs is 1. The van der Waals surface area contributed by atoms with E-state index in [4.69, 9.17) is 4.74 Å². The molecule has 3 aromatic rings. The third kappa shape index (κ3) is 4.34. The molecule has 6 nitrogen and oxygen atoms in total. The van der Waals surface area contributed by atoms with Gasteiger partial charge in [0.05, 0.1) is 28.0 Å². The summed E-state index contributed by atoms with van der Waals surface area (Å²) in [5.41, 5.74) is 5.07. The molecule has 2 aromatic carbocycles. The van der Waals surface area contributed by atoms with E-state index >= 15 is 0 Å². The highest BCUT2D eigenvalue weighted by molar-refractivity contribution is 5.97. The fraction of sp³-hybridized carbons (Fsp3) is 0.273. The summed E-state index contributed by atoms with van der Waals surface area (Å²) in [6.07, 6.45) is 0. The molecule has 1 N–H and O–H groups in total. The van der Waals surface area contributed by atoms with Crippen molar-refractivity contribution < 1.29 is 14.3 Å². The van der Waals surface area contributed by atoms with Gasteiger partial charge in [0.1, 0.15) is 0 Å². The summed E-state index contributed by atoms with van der Waals surface area (Å²) < 4.78 is 5.17. The molecule has 0 unspecified atom stereocenters. The maximum atomic E-state index is 12.3. The van der Waals surface area contributed by atoms with Gasteiger partial charge in [0.15, 0.2) is 6.61 Å². The van der Waals surface area contributed by atoms with Crippen LogP contribution >= 0.6 is 0 Å². The van der Waals surface area contributed by atoms with Crippen LogP contribution in [-0.2, 0) is 9.53 Å². The lowest BCUT2D eigenvalue weighted by Crippen LogP contribution is -2.21. The molecule has 6 heteroatoms. The SMILES string of the molecule is Cc1nc2ccc(C(=O)OCC(=O)Nc3ccccc3C(C)C)cc2nc1C. The van der Waals surface area contributed by atoms with Crippen molar-refractivity contribution in [3.63, 3.8) is 0 Å². The molecular weight excluding hydrogens is 354 g/mol. The van der Waals surface area contributed by atoms with Gasteiger partial charge in [0.2, 0.25) is 0 Å². The first-order valence-electron chi connectivity index (χ1n) is 9.16. The summed E-state index contributed by atoms with van der Waals surface area (Å²) >= 11 is 0. The zero-order valence-corrected chi connectivity index (χ0v) is 16.4. The monoisotopic (exact) mass is 377 g/mol. The van der Waals surface area contributed by atoms with Gasteiger partial charge in [-0.1, -0.05) is 32.0 Å². The molecule has 28 heavy (non-hydrogen) atoms. The summed E-state index contributed by atoms with van der Waals surface area (Å²) in [6, 6.07) is 12.6. The van der Waals surface area contributed by atoms with Gasteiger partial charge in [0.25, 0.3) is 5.91 Å². The van der Waals surface area contributed by atoms with Crippen molar-refractivity contribution in [3.8, 4) is 0 Å². The van der Waals surface area contributed by atoms with Gasteiger partial charge in [-0.15, -0.1) is 0 Å². The molecular formula is C22H23N3O3. The number of benzene rings is 2. The van der Waals surface area contributed by atoms with Crippen LogP contribution in [0.4, 0.5) is 5.69 Å². The molecule has 3 rings (SSSR count). The molecule has 0 fully saturated rings. The Morgan fingerprint density at radius 1 is 1.00 bits per heavy atom. The zero-order chi connectivity index (χ0) is 20.3. The highest BCUT2D eigenvalue weighted by atomic mass is 16.5. The van der Waals surface area contributed by atoms with E-state index in [0.29, 0.717) is 16.6 Å². The van der Waals surface area contributed by atoms with E-state index in [1.165, 1.54) is 0 Å². The number of aryl methyl sites for hydroxylation is 2. The number of para-hydroxylation sites is 1. The number of nitrogens with one attached hydrogen (secondary N) is 1. The van der Waals surface area contributed by atoms with Crippen molar-refractivity contribution in [3.05, 3.63) is 65.0 Å². The molecule has 1 aromatic heterocycles. The fourth-order valence-electron chi connectivity index (χ4n) is 2.87. The second-order valence-corrected chi connectivity index (χ2v) is 6.96. The van der Waals surface area contributed by atoms with Crippen LogP contribution < -0.4 is 5.32 Å². The minimum absolute atomic E-state index is 0.268. The number of anilines is 1. The van der Waals surface area contributed by atoms with Crippen LogP contribution in [0.3, 0.4) is 0 Å². The maximum absolute atomic E-state index is 12.3. The Hall–Kier alpha value is -3.28. The Morgan fingerprint density at radius 2 is 1.68 bits per heavy atom. The quantitative estimate of drug-likeness (QED) is 0.675. The van der Waals surface area contributed by atoms with E-state index in [1.807, 2.05) is 38.1 Å². The van der Waals surface area contributed by atoms with Crippen molar-refractivity contribution in [1.82, 2.24) is 9.97 Å². The van der Waals surface area contributed by atoms with Crippen molar-refractivity contribution in [2.24, 2.45) is 0 Å². The largest absolute Gasteiger partial charge is 0.452 e. The van der Waals surface area contributed by atoms with Gasteiger partial charge in [-0.2, -0.15) is 0 Å². The van der Waals surface area contributed by atoms with Crippen molar-refractivity contribution in [2.75, 3.05) is 11.9 Å². The summed E-state index contributed by atoms with van der Waals surface area (Å²) in [5, 5.41) is 2.80. The van der Waals surface area contributed by atoms with Crippen LogP contribution in [0.15, 0.2) is 42.5 Å². The number of nitrogens with zero attached hydrogens (tertiary/aromatic N) is 2. The van der Waals surface area contributed by atoms with E-state index in [1.54, 1.807) is 18.2 Å². The highest BCUT2D eigenvalue weighted by Crippen LogP contribution is 2.23. The number of hydrogen-bond acceptors (Lipinski definition) is 5. The first-order valence-corrected chi connectivity index (χ1v) is 9.16. The van der Waals surface area contributed by atoms with Crippen LogP contribution in [0, 0.1) is 13.8 Å². The fourth-order valence-corrected chi connectivity index (χ4v) is 2.87. The maximum Gasteiger partial charge on any atom is 0.338 e. The second kappa shape index (κ2) is 8.17. The molecule has 0 atom stereocenters. The Balaban J connectivity index is 1.66. The van der Waals surface area contributed by atoms with E-state index in [0.717, 1.165) is 22.6 Å². The van der Waals surface area contributed by atoms with Crippen LogP contribution in [-0.4, -0.2) is 28.5 Å². The van der Waals surface area contributed by atoms with E-state index in [9.17, 15) is 9.59 Å². The Morgan fingerprint density at radius 3 is 2.39 bits per heavy atom. The predicted octanol–water partition coefficient (Wildman–Crippen LogP) is 4.17. The zero-order valence-electron chi connectivity index (χ0n) is 16.4. The molecule has 1 amide bonds. The molecule has 0 bridgehead atoms. The second-order valence-electron chi connectivity index (χ2n) is 6.96. The van der Waals surface area contributed by atoms with Crippen LogP contribution in [0.5, 0.6) is 0 Å². The standard InChI is InChI=1S/C22H23N3O3/c1-13(2)17-7-5-6-8-18(17)25-21(26)12-28-22(27)16-9-10-19-20(11-16)24-15(4)14(3)23-19/h5-11,13H,12H2,1-4H3,(H,25,26). The van der Waals surface area contributed by atoms with Gasteiger partial charge in [0, 0.05) is 5.69 Å². The van der Waals surface area contributed by atoms with Crippen LogP contribution in [0.25, 0.3) is 11.0 Å². The molecule has 0 aliphatic carbocycles. The molecule has 0 spiro atoms. The molecule has 0 aliphatic rings. The normalized spacial score (nSPS) is 10.9. The average Bonchev–Trinajstić information content (AvgIpc) is 2.67. The summed E-state index contributed by atoms with van der Waals surface area (Å²) in [4.78, 5) is 33.4. The number of hydrogen-bond donors (Lipinski definition) is 1. The summed E-state index contributed by atoms with van der Waals surface area (Å²) in [6.45, 7) is 7.50. The lowest BCUT2D eigenvalue weighted by Gasteiger charge is -2.13. The van der Waals surface area contributed by atoms with Crippen LogP contribution in [0.1, 0.15) is 47.1 Å². The highest BCUT2D eigenvalue weighted by Gasteiger charge is 2.14. The van der Waals surface area contributed by atoms with Gasteiger partial charge in [-0.25, -0.2) is 14.8 Å². The summed E-state index contributed by atoms with van der Waals surface area (Å²) in [7, 11) is 0. The third-order valence-electron chi connectivity index (χ3n) is 4.50. The van der Waals surface area contributed by atoms with Gasteiger partial charge < -0.3 is 10.1 Å². The smallest absolute Gasteiger partial charge is 0.338 e. The van der Waals surface area contributed by atoms with Crippen molar-refractivity contribution in [1.29, 1.82) is 0 Å². The van der Waals surface area contributed by atoms with Gasteiger partial charge >= 0.3 is 5.97 Å². The molecule has 0 radical (unpaired) electrons. The van der Waals surface area contributed by atoms with E-state index in [2.05, 4.69) is 29.1 Å².